The van der Waals surface area contributed by atoms with E-state index in [1.807, 2.05) is 27.7 Å². The number of hydrogen-bond donors (Lipinski definition) is 6. The molecular formula is C36H55N7O7. The highest BCUT2D eigenvalue weighted by Gasteiger charge is 2.53. The zero-order chi connectivity index (χ0) is 36.2. The lowest BCUT2D eigenvalue weighted by Gasteiger charge is -2.38. The molecule has 276 valence electrons. The van der Waals surface area contributed by atoms with Gasteiger partial charge in [-0.1, -0.05) is 59.8 Å². The molecule has 50 heavy (non-hydrogen) atoms. The Morgan fingerprint density at radius 1 is 0.920 bits per heavy atom. The Hall–Kier alpha value is -3.65. The second-order valence-electron chi connectivity index (χ2n) is 15.9. The van der Waals surface area contributed by atoms with Gasteiger partial charge in [-0.25, -0.2) is 4.98 Å². The third-order valence-electron chi connectivity index (χ3n) is 11.0. The molecule has 0 unspecified atom stereocenters. The number of rotatable bonds is 13. The highest BCUT2D eigenvalue weighted by atomic mass is 16.5. The second-order valence-corrected chi connectivity index (χ2v) is 15.9. The standard InChI is InChI=1S/C36H55N7O7/c1-5-10-26(36(49,50)34(48)39-23-15-16-23)40-32(46)28-24-14-9-13-22(24)20-43(28)33(47)29(35(2,3)4)42-31(45)27(21-11-7-6-8-12-21)41-30(44)25-19-37-17-18-38-25/h17-19,21-24,26-29,49-50H,5-16,20H2,1-4H3,(H,39,48)(H,40,46)(H,41,44)(H,42,45)/t22-,24-,26-,27-,28-,29+/m0/s1. The van der Waals surface area contributed by atoms with E-state index in [4.69, 9.17) is 0 Å². The fourth-order valence-electron chi connectivity index (χ4n) is 8.01. The summed E-state index contributed by atoms with van der Waals surface area (Å²) in [7, 11) is 0. The van der Waals surface area contributed by atoms with Gasteiger partial charge in [-0.3, -0.25) is 29.0 Å². The molecule has 0 spiro atoms. The first kappa shape index (κ1) is 37.6. The highest BCUT2D eigenvalue weighted by molar-refractivity contribution is 5.98. The van der Waals surface area contributed by atoms with Crippen LogP contribution < -0.4 is 21.3 Å². The number of nitrogens with zero attached hydrogens (tertiary/aromatic N) is 3. The van der Waals surface area contributed by atoms with Gasteiger partial charge in [0.15, 0.2) is 0 Å². The molecule has 3 aliphatic carbocycles. The van der Waals surface area contributed by atoms with Crippen molar-refractivity contribution in [1.29, 1.82) is 0 Å². The molecule has 4 fully saturated rings. The van der Waals surface area contributed by atoms with Crippen LogP contribution in [0.2, 0.25) is 0 Å². The van der Waals surface area contributed by atoms with Gasteiger partial charge in [0.25, 0.3) is 17.6 Å². The van der Waals surface area contributed by atoms with Gasteiger partial charge in [-0.2, -0.15) is 0 Å². The van der Waals surface area contributed by atoms with Gasteiger partial charge in [-0.05, 0) is 68.1 Å². The van der Waals surface area contributed by atoms with Crippen molar-refractivity contribution < 1.29 is 34.2 Å². The van der Waals surface area contributed by atoms with Crippen LogP contribution in [0, 0.1) is 23.2 Å². The fraction of sp³-hybridized carbons (Fsp3) is 0.750. The predicted molar refractivity (Wildman–Crippen MR) is 183 cm³/mol. The number of aromatic nitrogens is 2. The van der Waals surface area contributed by atoms with Crippen LogP contribution in [0.5, 0.6) is 0 Å². The van der Waals surface area contributed by atoms with E-state index in [9.17, 15) is 34.2 Å². The Morgan fingerprint density at radius 2 is 1.64 bits per heavy atom. The van der Waals surface area contributed by atoms with E-state index >= 15 is 0 Å². The Labute approximate surface area is 294 Å². The van der Waals surface area contributed by atoms with Crippen LogP contribution in [0.25, 0.3) is 0 Å². The van der Waals surface area contributed by atoms with Crippen LogP contribution in [0.3, 0.4) is 0 Å². The molecule has 1 saturated heterocycles. The highest BCUT2D eigenvalue weighted by Crippen LogP contribution is 2.43. The molecule has 0 bridgehead atoms. The summed E-state index contributed by atoms with van der Waals surface area (Å²) < 4.78 is 0. The van der Waals surface area contributed by atoms with Gasteiger partial charge in [0.1, 0.15) is 23.8 Å². The number of likely N-dealkylation sites (tertiary alicyclic amines) is 1. The SMILES string of the molecule is CCC[C@H](NC(=O)[C@@H]1[C@H]2CCC[C@H]2CN1C(=O)[C@@H](NC(=O)[C@@H](NC(=O)c1cnccn1)C1CCCCC1)C(C)(C)C)C(O)(O)C(=O)NC1CC1. The molecule has 2 heterocycles. The van der Waals surface area contributed by atoms with Crippen LogP contribution in [-0.4, -0.2) is 97.2 Å². The molecule has 1 aromatic heterocycles. The molecule has 14 nitrogen and oxygen atoms in total. The molecule has 0 radical (unpaired) electrons. The number of amides is 5. The van der Waals surface area contributed by atoms with Crippen molar-refractivity contribution in [3.05, 3.63) is 24.3 Å². The Balaban J connectivity index is 1.37. The number of fused-ring (bicyclic) bond motifs is 1. The van der Waals surface area contributed by atoms with Crippen molar-refractivity contribution in [2.24, 2.45) is 23.2 Å². The minimum absolute atomic E-state index is 0.0723. The normalized spacial score (nSPS) is 24.4. The lowest BCUT2D eigenvalue weighted by atomic mass is 9.82. The van der Waals surface area contributed by atoms with Crippen LogP contribution in [0.4, 0.5) is 0 Å². The van der Waals surface area contributed by atoms with Crippen molar-refractivity contribution in [2.45, 2.75) is 141 Å². The monoisotopic (exact) mass is 697 g/mol. The largest absolute Gasteiger partial charge is 0.357 e. The van der Waals surface area contributed by atoms with E-state index in [1.54, 1.807) is 0 Å². The quantitative estimate of drug-likeness (QED) is 0.165. The zero-order valence-electron chi connectivity index (χ0n) is 29.8. The number of carbonyl (C=O) groups excluding carboxylic acids is 5. The van der Waals surface area contributed by atoms with Gasteiger partial charge in [0, 0.05) is 25.0 Å². The molecule has 5 amide bonds. The molecule has 14 heteroatoms. The van der Waals surface area contributed by atoms with Crippen molar-refractivity contribution >= 4 is 29.5 Å². The van der Waals surface area contributed by atoms with Crippen molar-refractivity contribution in [2.75, 3.05) is 6.54 Å². The minimum atomic E-state index is -2.83. The van der Waals surface area contributed by atoms with Crippen LogP contribution in [0.1, 0.15) is 115 Å². The fourth-order valence-corrected chi connectivity index (χ4v) is 8.01. The maximum atomic E-state index is 14.6. The van der Waals surface area contributed by atoms with Crippen LogP contribution in [-0.2, 0) is 19.2 Å². The third-order valence-corrected chi connectivity index (χ3v) is 11.0. The van der Waals surface area contributed by atoms with E-state index < -0.39 is 64.9 Å². The van der Waals surface area contributed by atoms with Gasteiger partial charge in [0.2, 0.25) is 17.7 Å². The first-order chi connectivity index (χ1) is 23.7. The maximum absolute atomic E-state index is 14.6. The van der Waals surface area contributed by atoms with Crippen molar-refractivity contribution in [1.82, 2.24) is 36.1 Å². The molecule has 4 aliphatic rings. The molecule has 6 N–H and O–H groups in total. The first-order valence-electron chi connectivity index (χ1n) is 18.5. The summed E-state index contributed by atoms with van der Waals surface area (Å²) in [5.74, 6) is -5.95. The van der Waals surface area contributed by atoms with Crippen LogP contribution >= 0.6 is 0 Å². The maximum Gasteiger partial charge on any atom is 0.282 e. The number of nitrogens with one attached hydrogen (secondary N) is 4. The minimum Gasteiger partial charge on any atom is -0.357 e. The summed E-state index contributed by atoms with van der Waals surface area (Å²) in [5.41, 5.74) is -0.683. The van der Waals surface area contributed by atoms with E-state index in [1.165, 1.54) is 23.5 Å². The average Bonchev–Trinajstić information content (AvgIpc) is 3.66. The summed E-state index contributed by atoms with van der Waals surface area (Å²) in [6.07, 6.45) is 13.2. The summed E-state index contributed by atoms with van der Waals surface area (Å²) in [6.45, 7) is 7.68. The lowest BCUT2D eigenvalue weighted by Crippen LogP contribution is -2.65. The van der Waals surface area contributed by atoms with Crippen molar-refractivity contribution in [3.63, 3.8) is 0 Å². The van der Waals surface area contributed by atoms with E-state index in [2.05, 4.69) is 31.2 Å². The topological polar surface area (TPSA) is 203 Å². The van der Waals surface area contributed by atoms with Gasteiger partial charge in [0.05, 0.1) is 12.2 Å². The molecule has 5 rings (SSSR count). The zero-order valence-corrected chi connectivity index (χ0v) is 29.8. The van der Waals surface area contributed by atoms with E-state index in [0.717, 1.165) is 64.2 Å². The van der Waals surface area contributed by atoms with E-state index in [-0.39, 0.29) is 35.9 Å². The number of carbonyl (C=O) groups is 5. The van der Waals surface area contributed by atoms with Crippen LogP contribution in [0.15, 0.2) is 18.6 Å². The number of hydrogen-bond acceptors (Lipinski definition) is 9. The average molecular weight is 698 g/mol. The summed E-state index contributed by atoms with van der Waals surface area (Å²) in [6, 6.07) is -4.25. The third kappa shape index (κ3) is 8.62. The smallest absolute Gasteiger partial charge is 0.282 e. The van der Waals surface area contributed by atoms with Gasteiger partial charge < -0.3 is 36.4 Å². The summed E-state index contributed by atoms with van der Waals surface area (Å²) >= 11 is 0. The Morgan fingerprint density at radius 3 is 2.26 bits per heavy atom. The predicted octanol–water partition coefficient (Wildman–Crippen LogP) is 1.56. The van der Waals surface area contributed by atoms with Gasteiger partial charge >= 0.3 is 0 Å². The Bertz CT molecular complexity index is 1390. The van der Waals surface area contributed by atoms with Crippen molar-refractivity contribution in [3.8, 4) is 0 Å². The molecule has 1 aromatic rings. The first-order valence-corrected chi connectivity index (χ1v) is 18.5. The lowest BCUT2D eigenvalue weighted by molar-refractivity contribution is -0.198. The Kier molecular flexibility index (Phi) is 11.8. The summed E-state index contributed by atoms with van der Waals surface area (Å²) in [5, 5.41) is 33.1. The van der Waals surface area contributed by atoms with E-state index in [0.29, 0.717) is 13.0 Å². The summed E-state index contributed by atoms with van der Waals surface area (Å²) in [4.78, 5) is 78.5. The molecular weight excluding hydrogens is 642 g/mol. The molecule has 6 atom stereocenters. The molecule has 3 saturated carbocycles. The molecule has 1 aliphatic heterocycles. The van der Waals surface area contributed by atoms with Gasteiger partial charge in [-0.15, -0.1) is 0 Å². The second kappa shape index (κ2) is 15.7. The molecule has 0 aromatic carbocycles. The number of aliphatic hydroxyl groups is 2.